The number of hydrogen-bond donors (Lipinski definition) is 0. The molecular formula is C32H40ClF3N6O4. The van der Waals surface area contributed by atoms with Crippen LogP contribution in [0.4, 0.5) is 23.8 Å². The summed E-state index contributed by atoms with van der Waals surface area (Å²) in [5.41, 5.74) is -0.878. The minimum atomic E-state index is -4.64. The van der Waals surface area contributed by atoms with Crippen molar-refractivity contribution in [1.29, 1.82) is 0 Å². The molecule has 2 aliphatic heterocycles. The molecule has 2 fully saturated rings. The first-order valence-corrected chi connectivity index (χ1v) is 15.8. The van der Waals surface area contributed by atoms with Crippen LogP contribution in [0, 0.1) is 6.92 Å². The predicted molar refractivity (Wildman–Crippen MR) is 170 cm³/mol. The number of fused-ring (bicyclic) bond motifs is 1. The van der Waals surface area contributed by atoms with Gasteiger partial charge in [-0.15, -0.1) is 0 Å². The Kier molecular flexibility index (Phi) is 10.1. The zero-order chi connectivity index (χ0) is 33.2. The minimum Gasteiger partial charge on any atom is -0.462 e. The number of halogens is 4. The van der Waals surface area contributed by atoms with E-state index in [1.54, 1.807) is 25.0 Å². The molecule has 2 saturated heterocycles. The van der Waals surface area contributed by atoms with Gasteiger partial charge in [0.15, 0.2) is 0 Å². The molecule has 1 atom stereocenters. The monoisotopic (exact) mass is 664 g/mol. The number of nitrogens with zero attached hydrogens (tertiary/aromatic N) is 6. The van der Waals surface area contributed by atoms with Crippen LogP contribution in [-0.4, -0.2) is 102 Å². The summed E-state index contributed by atoms with van der Waals surface area (Å²) in [7, 11) is 1.67. The maximum absolute atomic E-state index is 14.0. The summed E-state index contributed by atoms with van der Waals surface area (Å²) >= 11 is 6.70. The SMILES string of the molecule is COCCN1CCC[C@H]1COc1nc(N2CCN(C(=O)OC(C)(C)C)CC2)c2cc(Cl)c(-c3nc(C)ccc3C(F)(F)F)cc2n1. The lowest BCUT2D eigenvalue weighted by atomic mass is 10.0. The molecule has 0 bridgehead atoms. The van der Waals surface area contributed by atoms with E-state index in [1.807, 2.05) is 25.7 Å². The number of rotatable bonds is 8. The maximum atomic E-state index is 14.0. The normalized spacial score (nSPS) is 18.0. The van der Waals surface area contributed by atoms with Crippen LogP contribution < -0.4 is 9.64 Å². The Bertz CT molecular complexity index is 1560. The Morgan fingerprint density at radius 1 is 1.04 bits per heavy atom. The van der Waals surface area contributed by atoms with Gasteiger partial charge in [0.2, 0.25) is 0 Å². The zero-order valence-corrected chi connectivity index (χ0v) is 27.5. The third-order valence-electron chi connectivity index (χ3n) is 8.06. The van der Waals surface area contributed by atoms with Crippen molar-refractivity contribution in [3.63, 3.8) is 0 Å². The third-order valence-corrected chi connectivity index (χ3v) is 8.37. The smallest absolute Gasteiger partial charge is 0.418 e. The number of aromatic nitrogens is 3. The van der Waals surface area contributed by atoms with Gasteiger partial charge in [0.1, 0.15) is 18.0 Å². The topological polar surface area (TPSA) is 93.2 Å². The summed E-state index contributed by atoms with van der Waals surface area (Å²) in [5.74, 6) is 0.521. The molecule has 0 saturated carbocycles. The highest BCUT2D eigenvalue weighted by molar-refractivity contribution is 6.34. The molecule has 1 amide bonds. The molecule has 5 rings (SSSR count). The van der Waals surface area contributed by atoms with Gasteiger partial charge in [0.25, 0.3) is 0 Å². The van der Waals surface area contributed by atoms with Crippen molar-refractivity contribution in [1.82, 2.24) is 24.8 Å². The van der Waals surface area contributed by atoms with Gasteiger partial charge in [0, 0.05) is 62.5 Å². The number of alkyl halides is 3. The Balaban J connectivity index is 1.51. The number of carbonyl (C=O) groups is 1. The van der Waals surface area contributed by atoms with E-state index in [4.69, 9.17) is 30.8 Å². The molecular weight excluding hydrogens is 625 g/mol. The van der Waals surface area contributed by atoms with Crippen LogP contribution in [0.15, 0.2) is 24.3 Å². The molecule has 14 heteroatoms. The minimum absolute atomic E-state index is 0.0850. The highest BCUT2D eigenvalue weighted by atomic mass is 35.5. The zero-order valence-electron chi connectivity index (χ0n) is 26.8. The second-order valence-corrected chi connectivity index (χ2v) is 13.0. The van der Waals surface area contributed by atoms with Crippen LogP contribution in [-0.2, 0) is 15.7 Å². The highest BCUT2D eigenvalue weighted by Gasteiger charge is 2.36. The van der Waals surface area contributed by atoms with Gasteiger partial charge in [-0.1, -0.05) is 11.6 Å². The largest absolute Gasteiger partial charge is 0.462 e. The summed E-state index contributed by atoms with van der Waals surface area (Å²) in [5, 5.41) is 0.636. The number of benzene rings is 1. The second-order valence-electron chi connectivity index (χ2n) is 12.6. The van der Waals surface area contributed by atoms with Crippen LogP contribution in [0.1, 0.15) is 44.9 Å². The quantitative estimate of drug-likeness (QED) is 0.278. The molecule has 0 N–H and O–H groups in total. The molecule has 4 heterocycles. The number of hydrogen-bond acceptors (Lipinski definition) is 9. The van der Waals surface area contributed by atoms with Crippen LogP contribution in [0.3, 0.4) is 0 Å². The fourth-order valence-corrected chi connectivity index (χ4v) is 6.03. The summed E-state index contributed by atoms with van der Waals surface area (Å²) in [6.45, 7) is 11.4. The number of carbonyl (C=O) groups excluding carboxylic acids is 1. The number of aryl methyl sites for hydroxylation is 1. The fraction of sp³-hybridized carbons (Fsp3) is 0.562. The summed E-state index contributed by atoms with van der Waals surface area (Å²) in [6, 6.07) is 5.70. The second kappa shape index (κ2) is 13.7. The summed E-state index contributed by atoms with van der Waals surface area (Å²) < 4.78 is 59.1. The third kappa shape index (κ3) is 7.92. The standard InChI is InChI=1S/C32H40ClF3N6O4/c1-20-8-9-24(32(34,35)36)27(37-20)22-18-26-23(17-25(22)33)28(41-11-13-42(14-12-41)30(43)46-31(2,3)4)39-29(38-26)45-19-21-7-6-10-40(21)15-16-44-5/h8-9,17-18,21H,6-7,10-16,19H2,1-5H3/t21-/m0/s1. The average Bonchev–Trinajstić information content (AvgIpc) is 3.44. The van der Waals surface area contributed by atoms with Crippen molar-refractivity contribution >= 4 is 34.4 Å². The van der Waals surface area contributed by atoms with E-state index in [1.165, 1.54) is 12.1 Å². The Morgan fingerprint density at radius 3 is 2.46 bits per heavy atom. The summed E-state index contributed by atoms with van der Waals surface area (Å²) in [4.78, 5) is 32.3. The predicted octanol–water partition coefficient (Wildman–Crippen LogP) is 6.22. The van der Waals surface area contributed by atoms with Gasteiger partial charge in [0.05, 0.1) is 28.4 Å². The average molecular weight is 665 g/mol. The molecule has 3 aromatic rings. The van der Waals surface area contributed by atoms with Gasteiger partial charge in [-0.3, -0.25) is 9.88 Å². The van der Waals surface area contributed by atoms with Crippen LogP contribution >= 0.6 is 11.6 Å². The number of anilines is 1. The van der Waals surface area contributed by atoms with Crippen LogP contribution in [0.5, 0.6) is 6.01 Å². The molecule has 2 aliphatic rings. The van der Waals surface area contributed by atoms with Gasteiger partial charge >= 0.3 is 18.3 Å². The number of amides is 1. The lowest BCUT2D eigenvalue weighted by molar-refractivity contribution is -0.137. The molecule has 250 valence electrons. The Morgan fingerprint density at radius 2 is 1.78 bits per heavy atom. The van der Waals surface area contributed by atoms with Crippen molar-refractivity contribution in [3.05, 3.63) is 40.5 Å². The first-order valence-electron chi connectivity index (χ1n) is 15.4. The molecule has 2 aromatic heterocycles. The Labute approximate surface area is 271 Å². The van der Waals surface area contributed by atoms with E-state index in [-0.39, 0.29) is 28.3 Å². The first-order chi connectivity index (χ1) is 21.7. The highest BCUT2D eigenvalue weighted by Crippen LogP contribution is 2.41. The fourth-order valence-electron chi connectivity index (χ4n) is 5.77. The lowest BCUT2D eigenvalue weighted by Crippen LogP contribution is -2.50. The summed E-state index contributed by atoms with van der Waals surface area (Å²) in [6.07, 6.45) is -3.04. The van der Waals surface area contributed by atoms with E-state index >= 15 is 0 Å². The van der Waals surface area contributed by atoms with Gasteiger partial charge in [-0.05, 0) is 71.3 Å². The number of methoxy groups -OCH3 is 1. The number of likely N-dealkylation sites (tertiary alicyclic amines) is 1. The van der Waals surface area contributed by atoms with E-state index in [2.05, 4.69) is 14.9 Å². The van der Waals surface area contributed by atoms with Crippen molar-refractivity contribution in [2.75, 3.05) is 64.5 Å². The van der Waals surface area contributed by atoms with Gasteiger partial charge in [-0.25, -0.2) is 4.79 Å². The van der Waals surface area contributed by atoms with Crippen molar-refractivity contribution in [2.24, 2.45) is 0 Å². The molecule has 0 aliphatic carbocycles. The molecule has 46 heavy (non-hydrogen) atoms. The van der Waals surface area contributed by atoms with E-state index in [0.717, 1.165) is 32.0 Å². The first kappa shape index (κ1) is 33.9. The van der Waals surface area contributed by atoms with Crippen LogP contribution in [0.2, 0.25) is 5.02 Å². The maximum Gasteiger partial charge on any atom is 0.418 e. The molecule has 0 unspecified atom stereocenters. The lowest BCUT2D eigenvalue weighted by Gasteiger charge is -2.36. The number of pyridine rings is 1. The molecule has 10 nitrogen and oxygen atoms in total. The molecule has 0 radical (unpaired) electrons. The van der Waals surface area contributed by atoms with Crippen LogP contribution in [0.25, 0.3) is 22.2 Å². The van der Waals surface area contributed by atoms with E-state index in [0.29, 0.717) is 61.8 Å². The van der Waals surface area contributed by atoms with Crippen molar-refractivity contribution in [2.45, 2.75) is 58.4 Å². The number of piperazine rings is 1. The number of ether oxygens (including phenoxy) is 3. The molecule has 0 spiro atoms. The van der Waals surface area contributed by atoms with Gasteiger partial charge in [-0.2, -0.15) is 23.1 Å². The van der Waals surface area contributed by atoms with E-state index in [9.17, 15) is 18.0 Å². The van der Waals surface area contributed by atoms with Gasteiger partial charge < -0.3 is 24.0 Å². The molecule has 1 aromatic carbocycles. The van der Waals surface area contributed by atoms with Crippen molar-refractivity contribution in [3.8, 4) is 17.3 Å². The van der Waals surface area contributed by atoms with E-state index < -0.39 is 23.4 Å². The Hall–Kier alpha value is -3.42. The van der Waals surface area contributed by atoms with Crippen molar-refractivity contribution < 1.29 is 32.2 Å².